The fourth-order valence-corrected chi connectivity index (χ4v) is 1.18. The summed E-state index contributed by atoms with van der Waals surface area (Å²) in [6.45, 7) is 7.08. The number of carbonyl (C=O) groups is 1. The predicted octanol–water partition coefficient (Wildman–Crippen LogP) is 0.757. The quantitative estimate of drug-likeness (QED) is 0.642. The smallest absolute Gasteiger partial charge is 0.236 e. The summed E-state index contributed by atoms with van der Waals surface area (Å²) in [6.07, 6.45) is 0.896. The van der Waals surface area contributed by atoms with Crippen molar-refractivity contribution in [3.8, 4) is 0 Å². The molecule has 1 atom stereocenters. The molecule has 3 heteroatoms. The van der Waals surface area contributed by atoms with Gasteiger partial charge >= 0.3 is 0 Å². The molecule has 0 aromatic carbocycles. The van der Waals surface area contributed by atoms with E-state index in [0.717, 1.165) is 13.0 Å². The van der Waals surface area contributed by atoms with E-state index in [-0.39, 0.29) is 11.9 Å². The van der Waals surface area contributed by atoms with Gasteiger partial charge in [0.15, 0.2) is 0 Å². The van der Waals surface area contributed by atoms with Crippen molar-refractivity contribution in [1.82, 2.24) is 10.6 Å². The molecular weight excluding hydrogens is 152 g/mol. The number of hydrogen-bond acceptors (Lipinski definition) is 2. The lowest BCUT2D eigenvalue weighted by molar-refractivity contribution is -0.123. The fraction of sp³-hybridized carbons (Fsp3) is 0.889. The van der Waals surface area contributed by atoms with E-state index >= 15 is 0 Å². The van der Waals surface area contributed by atoms with Crippen LogP contribution in [0.5, 0.6) is 0 Å². The second kappa shape index (κ2) is 6.00. The molecule has 0 aliphatic carbocycles. The summed E-state index contributed by atoms with van der Waals surface area (Å²) in [4.78, 5) is 11.3. The van der Waals surface area contributed by atoms with Crippen molar-refractivity contribution >= 4 is 5.91 Å². The molecular formula is C9H20N2O. The number of carbonyl (C=O) groups excluding carboxylic acids is 1. The van der Waals surface area contributed by atoms with Crippen LogP contribution in [0.3, 0.4) is 0 Å². The van der Waals surface area contributed by atoms with E-state index in [1.807, 2.05) is 6.92 Å². The Morgan fingerprint density at radius 3 is 2.33 bits per heavy atom. The molecule has 1 unspecified atom stereocenters. The van der Waals surface area contributed by atoms with Crippen LogP contribution >= 0.6 is 0 Å². The van der Waals surface area contributed by atoms with Gasteiger partial charge in [-0.2, -0.15) is 0 Å². The van der Waals surface area contributed by atoms with Crippen LogP contribution < -0.4 is 10.6 Å². The fourth-order valence-electron chi connectivity index (χ4n) is 1.18. The molecule has 0 aliphatic rings. The molecule has 1 amide bonds. The third kappa shape index (κ3) is 4.34. The number of likely N-dealkylation sites (N-methyl/N-ethyl adjacent to an activating group) is 2. The molecule has 0 aromatic rings. The van der Waals surface area contributed by atoms with Crippen molar-refractivity contribution in [3.63, 3.8) is 0 Å². The van der Waals surface area contributed by atoms with E-state index < -0.39 is 0 Å². The Kier molecular flexibility index (Phi) is 5.72. The Hall–Kier alpha value is -0.570. The maximum Gasteiger partial charge on any atom is 0.236 e. The Labute approximate surface area is 74.9 Å². The number of nitrogens with one attached hydrogen (secondary N) is 2. The van der Waals surface area contributed by atoms with E-state index in [1.54, 1.807) is 7.05 Å². The average molecular weight is 172 g/mol. The molecule has 0 bridgehead atoms. The van der Waals surface area contributed by atoms with Crippen molar-refractivity contribution in [2.45, 2.75) is 33.2 Å². The van der Waals surface area contributed by atoms with Crippen molar-refractivity contribution in [3.05, 3.63) is 0 Å². The second-order valence-electron chi connectivity index (χ2n) is 3.35. The minimum atomic E-state index is -0.0278. The molecule has 0 saturated carbocycles. The van der Waals surface area contributed by atoms with Crippen LogP contribution in [0.15, 0.2) is 0 Å². The lowest BCUT2D eigenvalue weighted by Crippen LogP contribution is -2.43. The highest BCUT2D eigenvalue weighted by Crippen LogP contribution is 2.04. The molecule has 2 N–H and O–H groups in total. The van der Waals surface area contributed by atoms with Gasteiger partial charge in [0.2, 0.25) is 5.91 Å². The number of amides is 1. The van der Waals surface area contributed by atoms with Crippen molar-refractivity contribution < 1.29 is 4.79 Å². The van der Waals surface area contributed by atoms with Crippen molar-refractivity contribution in [2.24, 2.45) is 5.92 Å². The van der Waals surface area contributed by atoms with Crippen LogP contribution in [0.4, 0.5) is 0 Å². The van der Waals surface area contributed by atoms with Gasteiger partial charge in [0.25, 0.3) is 0 Å². The van der Waals surface area contributed by atoms with E-state index in [2.05, 4.69) is 24.5 Å². The first-order chi connectivity index (χ1) is 5.61. The van der Waals surface area contributed by atoms with Crippen LogP contribution in [0.25, 0.3) is 0 Å². The highest BCUT2D eigenvalue weighted by Gasteiger charge is 2.16. The van der Waals surface area contributed by atoms with Crippen LogP contribution in [0, 0.1) is 5.92 Å². The molecule has 0 aliphatic heterocycles. The lowest BCUT2D eigenvalue weighted by atomic mass is 10.0. The first kappa shape index (κ1) is 11.4. The van der Waals surface area contributed by atoms with E-state index in [1.165, 1.54) is 0 Å². The van der Waals surface area contributed by atoms with Gasteiger partial charge < -0.3 is 10.6 Å². The molecule has 0 rings (SSSR count). The maximum absolute atomic E-state index is 11.3. The third-order valence-electron chi connectivity index (χ3n) is 1.72. The first-order valence-corrected chi connectivity index (χ1v) is 4.56. The summed E-state index contributed by atoms with van der Waals surface area (Å²) < 4.78 is 0. The van der Waals surface area contributed by atoms with E-state index in [4.69, 9.17) is 0 Å². The van der Waals surface area contributed by atoms with E-state index in [9.17, 15) is 4.79 Å². The van der Waals surface area contributed by atoms with Gasteiger partial charge in [-0.25, -0.2) is 0 Å². The first-order valence-electron chi connectivity index (χ1n) is 4.56. The molecule has 0 fully saturated rings. The topological polar surface area (TPSA) is 41.1 Å². The normalized spacial score (nSPS) is 13.1. The Bertz CT molecular complexity index is 134. The standard InChI is InChI=1S/C9H20N2O/c1-5-11-8(6-7(2)3)9(12)10-4/h7-8,11H,5-6H2,1-4H3,(H,10,12). The summed E-state index contributed by atoms with van der Waals surface area (Å²) in [7, 11) is 1.67. The van der Waals surface area contributed by atoms with Gasteiger partial charge in [0.05, 0.1) is 6.04 Å². The van der Waals surface area contributed by atoms with Gasteiger partial charge in [-0.3, -0.25) is 4.79 Å². The molecule has 0 radical (unpaired) electrons. The highest BCUT2D eigenvalue weighted by atomic mass is 16.2. The molecule has 72 valence electrons. The van der Waals surface area contributed by atoms with Gasteiger partial charge in [0.1, 0.15) is 0 Å². The van der Waals surface area contributed by atoms with Crippen molar-refractivity contribution in [2.75, 3.05) is 13.6 Å². The second-order valence-corrected chi connectivity index (χ2v) is 3.35. The molecule has 0 aromatic heterocycles. The molecule has 12 heavy (non-hydrogen) atoms. The van der Waals surface area contributed by atoms with Gasteiger partial charge in [-0.05, 0) is 18.9 Å². The van der Waals surface area contributed by atoms with Gasteiger partial charge in [-0.1, -0.05) is 20.8 Å². The number of rotatable bonds is 5. The van der Waals surface area contributed by atoms with Crippen molar-refractivity contribution in [1.29, 1.82) is 0 Å². The molecule has 0 saturated heterocycles. The van der Waals surface area contributed by atoms with Crippen LogP contribution in [-0.2, 0) is 4.79 Å². The summed E-state index contributed by atoms with van der Waals surface area (Å²) in [5.74, 6) is 0.636. The Morgan fingerprint density at radius 1 is 1.42 bits per heavy atom. The minimum absolute atomic E-state index is 0.0278. The van der Waals surface area contributed by atoms with Gasteiger partial charge in [0, 0.05) is 7.05 Å². The third-order valence-corrected chi connectivity index (χ3v) is 1.72. The summed E-state index contributed by atoms with van der Waals surface area (Å²) >= 11 is 0. The zero-order chi connectivity index (χ0) is 9.56. The van der Waals surface area contributed by atoms with Crippen LogP contribution in [0.1, 0.15) is 27.2 Å². The maximum atomic E-state index is 11.3. The van der Waals surface area contributed by atoms with E-state index in [0.29, 0.717) is 5.92 Å². The SMILES string of the molecule is CCNC(CC(C)C)C(=O)NC. The summed E-state index contributed by atoms with van der Waals surface area (Å²) in [5.41, 5.74) is 0. The minimum Gasteiger partial charge on any atom is -0.358 e. The summed E-state index contributed by atoms with van der Waals surface area (Å²) in [5, 5.41) is 5.81. The summed E-state index contributed by atoms with van der Waals surface area (Å²) in [6, 6.07) is -0.0278. The molecule has 3 nitrogen and oxygen atoms in total. The predicted molar refractivity (Wildman–Crippen MR) is 51.0 cm³/mol. The zero-order valence-corrected chi connectivity index (χ0v) is 8.48. The number of hydrogen-bond donors (Lipinski definition) is 2. The zero-order valence-electron chi connectivity index (χ0n) is 8.48. The van der Waals surface area contributed by atoms with Gasteiger partial charge in [-0.15, -0.1) is 0 Å². The average Bonchev–Trinajstić information content (AvgIpc) is 2.01. The lowest BCUT2D eigenvalue weighted by Gasteiger charge is -2.17. The Morgan fingerprint density at radius 2 is 2.00 bits per heavy atom. The monoisotopic (exact) mass is 172 g/mol. The largest absolute Gasteiger partial charge is 0.358 e. The molecule has 0 spiro atoms. The molecule has 0 heterocycles. The van der Waals surface area contributed by atoms with Crippen LogP contribution in [0.2, 0.25) is 0 Å². The van der Waals surface area contributed by atoms with Crippen LogP contribution in [-0.4, -0.2) is 25.5 Å². The Balaban J connectivity index is 3.94. The highest BCUT2D eigenvalue weighted by molar-refractivity contribution is 5.81.